The number of amides is 1. The van der Waals surface area contributed by atoms with E-state index in [0.29, 0.717) is 25.6 Å². The van der Waals surface area contributed by atoms with Gasteiger partial charge in [0.2, 0.25) is 15.9 Å². The van der Waals surface area contributed by atoms with Crippen molar-refractivity contribution in [1.82, 2.24) is 14.6 Å². The fourth-order valence-corrected chi connectivity index (χ4v) is 6.20. The number of carbonyl (C=O) groups is 1. The molecule has 2 aromatic rings. The van der Waals surface area contributed by atoms with Crippen LogP contribution in [0.15, 0.2) is 24.4 Å². The Balaban J connectivity index is 1.30. The van der Waals surface area contributed by atoms with E-state index < -0.39 is 33.5 Å². The number of carbonyl (C=O) groups excluding carboxylic acids is 1. The number of hydrogen-bond donors (Lipinski definition) is 1. The summed E-state index contributed by atoms with van der Waals surface area (Å²) in [6, 6.07) is 3.85. The molecule has 1 N–H and O–H groups in total. The fraction of sp³-hybridized carbons (Fsp3) is 0.520. The molecule has 7 nitrogen and oxygen atoms in total. The second-order valence-electron chi connectivity index (χ2n) is 10.3. The number of piperidine rings is 1. The zero-order valence-electron chi connectivity index (χ0n) is 20.4. The number of fused-ring (bicyclic) bond motifs is 2. The Labute approximate surface area is 222 Å². The Morgan fingerprint density at radius 2 is 1.82 bits per heavy atom. The van der Waals surface area contributed by atoms with Crippen LogP contribution >= 0.6 is 11.6 Å². The van der Waals surface area contributed by atoms with E-state index >= 15 is 0 Å². The topological polar surface area (TPSA) is 88.6 Å². The van der Waals surface area contributed by atoms with Crippen LogP contribution in [0.4, 0.5) is 17.6 Å². The number of pyridine rings is 1. The number of nitrogens with zero attached hydrogens (tertiary/aromatic N) is 2. The van der Waals surface area contributed by atoms with E-state index in [-0.39, 0.29) is 40.6 Å². The van der Waals surface area contributed by atoms with Gasteiger partial charge in [0.1, 0.15) is 16.9 Å². The van der Waals surface area contributed by atoms with Gasteiger partial charge in [0.25, 0.3) is 5.91 Å². The van der Waals surface area contributed by atoms with Gasteiger partial charge in [-0.3, -0.25) is 9.69 Å². The molecule has 2 saturated heterocycles. The maximum atomic E-state index is 15.0. The lowest BCUT2D eigenvalue weighted by Crippen LogP contribution is -2.46. The van der Waals surface area contributed by atoms with Crippen molar-refractivity contribution < 1.29 is 35.5 Å². The van der Waals surface area contributed by atoms with Gasteiger partial charge in [-0.2, -0.15) is 13.2 Å². The van der Waals surface area contributed by atoms with Crippen LogP contribution in [0.2, 0.25) is 5.02 Å². The third-order valence-corrected chi connectivity index (χ3v) is 8.20. The third kappa shape index (κ3) is 5.91. The van der Waals surface area contributed by atoms with Crippen LogP contribution in [-0.4, -0.2) is 48.7 Å². The Morgan fingerprint density at radius 1 is 1.16 bits per heavy atom. The number of ether oxygens (including phenoxy) is 1. The lowest BCUT2D eigenvalue weighted by atomic mass is 9.95. The molecule has 13 heteroatoms. The zero-order chi connectivity index (χ0) is 27.4. The molecule has 1 aromatic carbocycles. The van der Waals surface area contributed by atoms with Gasteiger partial charge >= 0.3 is 6.18 Å². The van der Waals surface area contributed by atoms with Crippen LogP contribution < -0.4 is 9.46 Å². The van der Waals surface area contributed by atoms with Gasteiger partial charge in [0.15, 0.2) is 0 Å². The molecule has 3 fully saturated rings. The lowest BCUT2D eigenvalue weighted by Gasteiger charge is -2.39. The number of halogens is 5. The average molecular weight is 576 g/mol. The summed E-state index contributed by atoms with van der Waals surface area (Å²) in [6.07, 6.45) is 1.58. The van der Waals surface area contributed by atoms with Crippen LogP contribution in [-0.2, 0) is 22.7 Å². The van der Waals surface area contributed by atoms with Crippen LogP contribution in [0.5, 0.6) is 5.88 Å². The van der Waals surface area contributed by atoms with Gasteiger partial charge in [0.05, 0.1) is 17.4 Å². The van der Waals surface area contributed by atoms with E-state index in [2.05, 4.69) is 9.88 Å². The van der Waals surface area contributed by atoms with Crippen molar-refractivity contribution >= 4 is 27.5 Å². The van der Waals surface area contributed by atoms with Gasteiger partial charge in [-0.15, -0.1) is 0 Å². The first-order chi connectivity index (χ1) is 17.8. The number of alkyl halides is 3. The summed E-state index contributed by atoms with van der Waals surface area (Å²) < 4.78 is 84.3. The second-order valence-corrected chi connectivity index (χ2v) is 12.4. The largest absolute Gasteiger partial charge is 0.473 e. The first-order valence-corrected chi connectivity index (χ1v) is 14.5. The van der Waals surface area contributed by atoms with Crippen molar-refractivity contribution in [2.75, 3.05) is 6.26 Å². The summed E-state index contributed by atoms with van der Waals surface area (Å²) in [5, 5.41) is -0.195. The van der Waals surface area contributed by atoms with Gasteiger partial charge in [0, 0.05) is 24.8 Å². The van der Waals surface area contributed by atoms with Gasteiger partial charge in [-0.1, -0.05) is 11.6 Å². The maximum Gasteiger partial charge on any atom is 0.417 e. The van der Waals surface area contributed by atoms with E-state index in [1.54, 1.807) is 0 Å². The molecule has 3 atom stereocenters. The molecular weight excluding hydrogens is 550 g/mol. The molecule has 1 aliphatic carbocycles. The monoisotopic (exact) mass is 575 g/mol. The highest BCUT2D eigenvalue weighted by Crippen LogP contribution is 2.45. The molecule has 3 heterocycles. The molecule has 1 amide bonds. The summed E-state index contributed by atoms with van der Waals surface area (Å²) in [6.45, 7) is 0.470. The second kappa shape index (κ2) is 9.95. The average Bonchev–Trinajstić information content (AvgIpc) is 3.60. The van der Waals surface area contributed by atoms with Crippen molar-refractivity contribution in [2.24, 2.45) is 0 Å². The number of nitrogens with one attached hydrogen (secondary N) is 1. The quantitative estimate of drug-likeness (QED) is 0.466. The highest BCUT2D eigenvalue weighted by atomic mass is 35.5. The molecule has 0 radical (unpaired) electrons. The molecule has 1 aromatic heterocycles. The van der Waals surface area contributed by atoms with Crippen molar-refractivity contribution in [3.05, 3.63) is 57.5 Å². The van der Waals surface area contributed by atoms with Crippen molar-refractivity contribution in [2.45, 2.75) is 75.4 Å². The predicted octanol–water partition coefficient (Wildman–Crippen LogP) is 5.03. The molecule has 1 saturated carbocycles. The summed E-state index contributed by atoms with van der Waals surface area (Å²) >= 11 is 6.02. The molecule has 0 spiro atoms. The zero-order valence-corrected chi connectivity index (χ0v) is 22.0. The van der Waals surface area contributed by atoms with Crippen molar-refractivity contribution in [1.29, 1.82) is 0 Å². The van der Waals surface area contributed by atoms with E-state index in [9.17, 15) is 30.8 Å². The number of aromatic nitrogens is 1. The number of benzene rings is 1. The van der Waals surface area contributed by atoms with E-state index in [1.165, 1.54) is 12.1 Å². The Morgan fingerprint density at radius 3 is 2.37 bits per heavy atom. The van der Waals surface area contributed by atoms with Gasteiger partial charge in [-0.25, -0.2) is 22.5 Å². The molecule has 38 heavy (non-hydrogen) atoms. The highest BCUT2D eigenvalue weighted by Gasteiger charge is 2.43. The fourth-order valence-electron chi connectivity index (χ4n) is 5.54. The summed E-state index contributed by atoms with van der Waals surface area (Å²) in [7, 11) is -3.83. The smallest absolute Gasteiger partial charge is 0.417 e. The van der Waals surface area contributed by atoms with E-state index in [0.717, 1.165) is 49.1 Å². The summed E-state index contributed by atoms with van der Waals surface area (Å²) in [5.41, 5.74) is 0.383. The normalized spacial score (nSPS) is 23.9. The minimum absolute atomic E-state index is 0.0291. The number of rotatable bonds is 7. The highest BCUT2D eigenvalue weighted by molar-refractivity contribution is 7.89. The molecule has 5 rings (SSSR count). The molecule has 206 valence electrons. The van der Waals surface area contributed by atoms with E-state index in [1.807, 2.05) is 4.72 Å². The summed E-state index contributed by atoms with van der Waals surface area (Å²) in [4.78, 5) is 18.4. The van der Waals surface area contributed by atoms with Crippen LogP contribution in [0.3, 0.4) is 0 Å². The lowest BCUT2D eigenvalue weighted by molar-refractivity contribution is -0.137. The maximum absolute atomic E-state index is 15.0. The Bertz CT molecular complexity index is 1350. The molecule has 3 aliphatic rings. The standard InChI is InChI=1S/C25H26ClF4N3O4S/c1-38(35,36)32-23(34)20-10-19(13-2-3-13)14(6-22(20)27)12-33-16-4-5-17(33)9-18(8-16)37-24-21(26)7-15(11-31-24)25(28,29)30/h6-7,10-11,13,16-18H,2-5,8-9,12H2,1H3,(H,32,34)/t16-,17?,18?/m0/s1. The van der Waals surface area contributed by atoms with Crippen molar-refractivity contribution in [3.63, 3.8) is 0 Å². The Hall–Kier alpha value is -2.44. The molecular formula is C25H26ClF4N3O4S. The van der Waals surface area contributed by atoms with Gasteiger partial charge in [-0.05, 0) is 73.8 Å². The van der Waals surface area contributed by atoms with Gasteiger partial charge < -0.3 is 4.74 Å². The predicted molar refractivity (Wildman–Crippen MR) is 131 cm³/mol. The minimum atomic E-state index is -4.55. The SMILES string of the molecule is CS(=O)(=O)NC(=O)c1cc(C2CC2)c(CN2C3CC[C@H]2CC(Oc2ncc(C(F)(F)F)cc2Cl)C3)cc1F. The first-order valence-electron chi connectivity index (χ1n) is 12.3. The minimum Gasteiger partial charge on any atom is -0.473 e. The first kappa shape index (κ1) is 27.1. The summed E-state index contributed by atoms with van der Waals surface area (Å²) in [5.74, 6) is -1.61. The van der Waals surface area contributed by atoms with Crippen LogP contribution in [0, 0.1) is 5.82 Å². The molecule has 2 aliphatic heterocycles. The van der Waals surface area contributed by atoms with Crippen LogP contribution in [0.25, 0.3) is 0 Å². The third-order valence-electron chi connectivity index (χ3n) is 7.38. The molecule has 2 unspecified atom stereocenters. The van der Waals surface area contributed by atoms with Crippen LogP contribution in [0.1, 0.15) is 71.5 Å². The van der Waals surface area contributed by atoms with E-state index in [4.69, 9.17) is 16.3 Å². The number of sulfonamides is 1. The Kier molecular flexibility index (Phi) is 7.10. The molecule has 2 bridgehead atoms. The van der Waals surface area contributed by atoms with Crippen molar-refractivity contribution in [3.8, 4) is 5.88 Å². The number of hydrogen-bond acceptors (Lipinski definition) is 6.